The van der Waals surface area contributed by atoms with E-state index in [-0.39, 0.29) is 0 Å². The molecular formula is C12H6BrIO. The SMILES string of the molecule is Brc1cccc2oc3ccc(I)cc3c12. The molecule has 0 N–H and O–H groups in total. The fraction of sp³-hybridized carbons (Fsp3) is 0. The number of fused-ring (bicyclic) bond motifs is 3. The van der Waals surface area contributed by atoms with Crippen LogP contribution in [0.3, 0.4) is 0 Å². The van der Waals surface area contributed by atoms with Crippen LogP contribution in [0.15, 0.2) is 45.3 Å². The van der Waals surface area contributed by atoms with Crippen molar-refractivity contribution in [3.05, 3.63) is 44.4 Å². The van der Waals surface area contributed by atoms with Crippen molar-refractivity contribution in [2.75, 3.05) is 0 Å². The minimum absolute atomic E-state index is 0.932. The molecule has 0 unspecified atom stereocenters. The van der Waals surface area contributed by atoms with Gasteiger partial charge in [-0.15, -0.1) is 0 Å². The van der Waals surface area contributed by atoms with Crippen LogP contribution < -0.4 is 0 Å². The third-order valence-electron chi connectivity index (χ3n) is 2.41. The zero-order valence-corrected chi connectivity index (χ0v) is 11.4. The first kappa shape index (κ1) is 9.66. The Morgan fingerprint density at radius 3 is 2.80 bits per heavy atom. The first-order valence-corrected chi connectivity index (χ1v) is 6.39. The first-order chi connectivity index (χ1) is 7.25. The lowest BCUT2D eigenvalue weighted by molar-refractivity contribution is 0.669. The van der Waals surface area contributed by atoms with Crippen molar-refractivity contribution in [3.63, 3.8) is 0 Å². The third kappa shape index (κ3) is 1.49. The molecule has 0 saturated heterocycles. The maximum Gasteiger partial charge on any atom is 0.136 e. The van der Waals surface area contributed by atoms with Crippen molar-refractivity contribution < 1.29 is 4.42 Å². The van der Waals surface area contributed by atoms with E-state index < -0.39 is 0 Å². The lowest BCUT2D eigenvalue weighted by Gasteiger charge is -1.93. The zero-order chi connectivity index (χ0) is 10.4. The molecule has 0 saturated carbocycles. The van der Waals surface area contributed by atoms with Crippen LogP contribution in [0.4, 0.5) is 0 Å². The molecule has 0 bridgehead atoms. The standard InChI is InChI=1S/C12H6BrIO/c13-9-2-1-3-11-12(9)8-6-7(14)4-5-10(8)15-11/h1-6H. The van der Waals surface area contributed by atoms with E-state index in [1.165, 1.54) is 8.96 Å². The van der Waals surface area contributed by atoms with E-state index in [0.717, 1.165) is 21.0 Å². The van der Waals surface area contributed by atoms with E-state index in [9.17, 15) is 0 Å². The highest BCUT2D eigenvalue weighted by molar-refractivity contribution is 14.1. The van der Waals surface area contributed by atoms with E-state index in [1.807, 2.05) is 24.3 Å². The molecule has 1 heterocycles. The van der Waals surface area contributed by atoms with Crippen LogP contribution >= 0.6 is 38.5 Å². The van der Waals surface area contributed by atoms with Gasteiger partial charge >= 0.3 is 0 Å². The second kappa shape index (κ2) is 3.49. The summed E-state index contributed by atoms with van der Waals surface area (Å²) in [5.41, 5.74) is 1.87. The van der Waals surface area contributed by atoms with Crippen LogP contribution in [0.25, 0.3) is 21.9 Å². The second-order valence-corrected chi connectivity index (χ2v) is 5.46. The molecule has 0 aliphatic heterocycles. The maximum absolute atomic E-state index is 5.75. The van der Waals surface area contributed by atoms with Crippen LogP contribution in [-0.4, -0.2) is 0 Å². The highest BCUT2D eigenvalue weighted by Crippen LogP contribution is 2.34. The van der Waals surface area contributed by atoms with E-state index in [2.05, 4.69) is 50.7 Å². The number of hydrogen-bond donors (Lipinski definition) is 0. The molecule has 2 aromatic carbocycles. The fourth-order valence-corrected chi connectivity index (χ4v) is 2.81. The molecule has 3 aromatic rings. The normalized spacial score (nSPS) is 11.3. The number of benzene rings is 2. The molecular weight excluding hydrogens is 367 g/mol. The van der Waals surface area contributed by atoms with E-state index >= 15 is 0 Å². The summed E-state index contributed by atoms with van der Waals surface area (Å²) in [4.78, 5) is 0. The summed E-state index contributed by atoms with van der Waals surface area (Å²) >= 11 is 5.87. The molecule has 0 amide bonds. The van der Waals surface area contributed by atoms with Crippen molar-refractivity contribution in [2.45, 2.75) is 0 Å². The Kier molecular flexibility index (Phi) is 2.25. The van der Waals surface area contributed by atoms with Crippen LogP contribution in [0, 0.1) is 3.57 Å². The summed E-state index contributed by atoms with van der Waals surface area (Å²) in [6, 6.07) is 12.2. The van der Waals surface area contributed by atoms with Gasteiger partial charge in [0.25, 0.3) is 0 Å². The lowest BCUT2D eigenvalue weighted by Crippen LogP contribution is -1.71. The average Bonchev–Trinajstić information content (AvgIpc) is 2.57. The van der Waals surface area contributed by atoms with Crippen molar-refractivity contribution in [3.8, 4) is 0 Å². The van der Waals surface area contributed by atoms with Crippen LogP contribution in [0.2, 0.25) is 0 Å². The molecule has 0 radical (unpaired) electrons. The summed E-state index contributed by atoms with van der Waals surface area (Å²) in [7, 11) is 0. The molecule has 0 spiro atoms. The van der Waals surface area contributed by atoms with Gasteiger partial charge in [0.1, 0.15) is 11.2 Å². The molecule has 0 aliphatic carbocycles. The minimum atomic E-state index is 0.932. The smallest absolute Gasteiger partial charge is 0.136 e. The van der Waals surface area contributed by atoms with Crippen LogP contribution in [0.5, 0.6) is 0 Å². The summed E-state index contributed by atoms with van der Waals surface area (Å²) in [5.74, 6) is 0. The number of hydrogen-bond acceptors (Lipinski definition) is 1. The van der Waals surface area contributed by atoms with Gasteiger partial charge < -0.3 is 4.42 Å². The zero-order valence-electron chi connectivity index (χ0n) is 7.63. The van der Waals surface area contributed by atoms with Gasteiger partial charge in [-0.25, -0.2) is 0 Å². The van der Waals surface area contributed by atoms with Gasteiger partial charge in [0.05, 0.1) is 0 Å². The summed E-state index contributed by atoms with van der Waals surface area (Å²) in [6.07, 6.45) is 0. The Morgan fingerprint density at radius 1 is 1.07 bits per heavy atom. The number of rotatable bonds is 0. The average molecular weight is 373 g/mol. The Bertz CT molecular complexity index is 657. The monoisotopic (exact) mass is 372 g/mol. The Morgan fingerprint density at radius 2 is 1.93 bits per heavy atom. The predicted octanol–water partition coefficient (Wildman–Crippen LogP) is 4.95. The molecule has 15 heavy (non-hydrogen) atoms. The van der Waals surface area contributed by atoms with Gasteiger partial charge in [-0.1, -0.05) is 22.0 Å². The van der Waals surface area contributed by atoms with Gasteiger partial charge in [-0.05, 0) is 52.9 Å². The quantitative estimate of drug-likeness (QED) is 0.509. The third-order valence-corrected chi connectivity index (χ3v) is 3.74. The Balaban J connectivity index is 2.61. The molecule has 3 heteroatoms. The Hall–Kier alpha value is -0.550. The number of halogens is 2. The fourth-order valence-electron chi connectivity index (χ4n) is 1.76. The van der Waals surface area contributed by atoms with Crippen LogP contribution in [-0.2, 0) is 0 Å². The topological polar surface area (TPSA) is 13.1 Å². The number of furan rings is 1. The maximum atomic E-state index is 5.75. The van der Waals surface area contributed by atoms with Crippen molar-refractivity contribution in [1.82, 2.24) is 0 Å². The summed E-state index contributed by atoms with van der Waals surface area (Å²) < 4.78 is 8.06. The molecule has 74 valence electrons. The molecule has 0 fully saturated rings. The second-order valence-electron chi connectivity index (χ2n) is 3.36. The van der Waals surface area contributed by atoms with Crippen molar-refractivity contribution in [1.29, 1.82) is 0 Å². The van der Waals surface area contributed by atoms with E-state index in [0.29, 0.717) is 0 Å². The first-order valence-electron chi connectivity index (χ1n) is 4.52. The minimum Gasteiger partial charge on any atom is -0.456 e. The molecule has 3 rings (SSSR count). The van der Waals surface area contributed by atoms with Gasteiger partial charge in [0, 0.05) is 18.8 Å². The largest absolute Gasteiger partial charge is 0.456 e. The van der Waals surface area contributed by atoms with Gasteiger partial charge in [0.2, 0.25) is 0 Å². The summed E-state index contributed by atoms with van der Waals surface area (Å²) in [6.45, 7) is 0. The van der Waals surface area contributed by atoms with E-state index in [4.69, 9.17) is 4.42 Å². The molecule has 1 aromatic heterocycles. The molecule has 1 nitrogen and oxygen atoms in total. The van der Waals surface area contributed by atoms with Gasteiger partial charge in [-0.3, -0.25) is 0 Å². The lowest BCUT2D eigenvalue weighted by atomic mass is 10.2. The highest BCUT2D eigenvalue weighted by Gasteiger charge is 2.09. The predicted molar refractivity (Wildman–Crippen MR) is 74.1 cm³/mol. The van der Waals surface area contributed by atoms with Gasteiger partial charge in [-0.2, -0.15) is 0 Å². The Labute approximate surface area is 109 Å². The molecule has 0 atom stereocenters. The van der Waals surface area contributed by atoms with Crippen molar-refractivity contribution >= 4 is 60.5 Å². The highest BCUT2D eigenvalue weighted by atomic mass is 127. The molecule has 0 aliphatic rings. The van der Waals surface area contributed by atoms with E-state index in [1.54, 1.807) is 0 Å². The van der Waals surface area contributed by atoms with Crippen molar-refractivity contribution in [2.24, 2.45) is 0 Å². The summed E-state index contributed by atoms with van der Waals surface area (Å²) in [5, 5.41) is 2.33. The van der Waals surface area contributed by atoms with Crippen LogP contribution in [0.1, 0.15) is 0 Å². The van der Waals surface area contributed by atoms with Gasteiger partial charge in [0.15, 0.2) is 0 Å².